The van der Waals surface area contributed by atoms with E-state index in [0.29, 0.717) is 57.8 Å². The van der Waals surface area contributed by atoms with Gasteiger partial charge in [0.1, 0.15) is 0 Å². The number of nitrogens with zero attached hydrogens (tertiary/aromatic N) is 1. The number of sulfone groups is 1. The van der Waals surface area contributed by atoms with Crippen molar-refractivity contribution in [1.29, 1.82) is 0 Å². The molecule has 1 saturated heterocycles. The molecule has 0 bridgehead atoms. The van der Waals surface area contributed by atoms with E-state index in [1.54, 1.807) is 12.1 Å². The van der Waals surface area contributed by atoms with E-state index in [2.05, 4.69) is 10.3 Å². The van der Waals surface area contributed by atoms with E-state index in [1.165, 1.54) is 22.9 Å². The molecule has 1 atom stereocenters. The fourth-order valence-corrected chi connectivity index (χ4v) is 6.57. The van der Waals surface area contributed by atoms with Gasteiger partial charge in [-0.2, -0.15) is 0 Å². The highest BCUT2D eigenvalue weighted by Crippen LogP contribution is 2.36. The van der Waals surface area contributed by atoms with Crippen LogP contribution in [0.25, 0.3) is 0 Å². The molecule has 1 aliphatic carbocycles. The van der Waals surface area contributed by atoms with E-state index < -0.39 is 32.3 Å². The number of benzene rings is 1. The van der Waals surface area contributed by atoms with E-state index in [-0.39, 0.29) is 17.3 Å². The summed E-state index contributed by atoms with van der Waals surface area (Å²) in [6.07, 6.45) is 6.09. The predicted molar refractivity (Wildman–Crippen MR) is 128 cm³/mol. The van der Waals surface area contributed by atoms with Gasteiger partial charge in [0.25, 0.3) is 5.56 Å². The quantitative estimate of drug-likeness (QED) is 0.438. The van der Waals surface area contributed by atoms with Gasteiger partial charge in [0.15, 0.2) is 21.4 Å². The third kappa shape index (κ3) is 6.35. The first-order chi connectivity index (χ1) is 16.3. The largest absolute Gasteiger partial charge is 0.490 e. The Labute approximate surface area is 198 Å². The number of aromatic nitrogens is 2. The average molecular weight is 494 g/mol. The minimum atomic E-state index is -3.36. The van der Waals surface area contributed by atoms with E-state index in [0.717, 1.165) is 18.4 Å². The number of aromatic amines is 1. The third-order valence-corrected chi connectivity index (χ3v) is 8.61. The lowest BCUT2D eigenvalue weighted by Crippen LogP contribution is -2.37. The predicted octanol–water partition coefficient (Wildman–Crippen LogP) is 1.98. The Hall–Kier alpha value is -2.46. The number of halogens is 1. The summed E-state index contributed by atoms with van der Waals surface area (Å²) in [6.45, 7) is 2.14. The van der Waals surface area contributed by atoms with Gasteiger partial charge in [-0.1, -0.05) is 12.5 Å². The van der Waals surface area contributed by atoms with Crippen molar-refractivity contribution >= 4 is 9.84 Å². The minimum Gasteiger partial charge on any atom is -0.490 e. The summed E-state index contributed by atoms with van der Waals surface area (Å²) in [7, 11) is -3.36. The van der Waals surface area contributed by atoms with Gasteiger partial charge in [-0.05, 0) is 62.3 Å². The zero-order valence-electron chi connectivity index (χ0n) is 19.2. The summed E-state index contributed by atoms with van der Waals surface area (Å²) in [5.74, 6) is 0.329. The smallest absolute Gasteiger partial charge is 0.328 e. The molecule has 0 spiro atoms. The molecule has 0 radical (unpaired) electrons. The van der Waals surface area contributed by atoms with E-state index in [9.17, 15) is 22.4 Å². The SMILES string of the molecule is O=c1ccn(CCCCCS(=O)(=O)CC2(c3ccc(F)c(OCC4CC4)c3)CCNC2)c(=O)[nH]1. The van der Waals surface area contributed by atoms with E-state index in [1.807, 2.05) is 0 Å². The van der Waals surface area contributed by atoms with Gasteiger partial charge < -0.3 is 14.6 Å². The molecule has 2 heterocycles. The van der Waals surface area contributed by atoms with Crippen molar-refractivity contribution in [2.45, 2.75) is 50.5 Å². The van der Waals surface area contributed by atoms with Crippen molar-refractivity contribution in [3.8, 4) is 5.75 Å². The molecule has 0 amide bonds. The van der Waals surface area contributed by atoms with Crippen LogP contribution in [0.15, 0.2) is 40.1 Å². The van der Waals surface area contributed by atoms with Crippen LogP contribution in [0.4, 0.5) is 4.39 Å². The number of aryl methyl sites for hydroxylation is 1. The third-order valence-electron chi connectivity index (χ3n) is 6.71. The maximum atomic E-state index is 14.3. The molecule has 2 aliphatic rings. The van der Waals surface area contributed by atoms with Crippen molar-refractivity contribution in [2.24, 2.45) is 5.92 Å². The lowest BCUT2D eigenvalue weighted by Gasteiger charge is -2.29. The molecule has 186 valence electrons. The van der Waals surface area contributed by atoms with Gasteiger partial charge in [-0.15, -0.1) is 0 Å². The summed E-state index contributed by atoms with van der Waals surface area (Å²) >= 11 is 0. The Kier molecular flexibility index (Phi) is 7.57. The Morgan fingerprint density at radius 2 is 1.97 bits per heavy atom. The first kappa shape index (κ1) is 24.7. The van der Waals surface area contributed by atoms with E-state index >= 15 is 0 Å². The van der Waals surface area contributed by atoms with Gasteiger partial charge in [0.2, 0.25) is 0 Å². The molecule has 1 aromatic heterocycles. The van der Waals surface area contributed by atoms with Crippen LogP contribution in [0.3, 0.4) is 0 Å². The Bertz CT molecular complexity index is 1210. The molecule has 1 unspecified atom stereocenters. The monoisotopic (exact) mass is 493 g/mol. The number of H-pyrrole nitrogens is 1. The molecule has 1 saturated carbocycles. The molecule has 1 aromatic carbocycles. The first-order valence-electron chi connectivity index (χ1n) is 11.9. The van der Waals surface area contributed by atoms with Gasteiger partial charge in [-0.25, -0.2) is 17.6 Å². The van der Waals surface area contributed by atoms with Crippen LogP contribution in [0.5, 0.6) is 5.75 Å². The second kappa shape index (κ2) is 10.4. The summed E-state index contributed by atoms with van der Waals surface area (Å²) in [4.78, 5) is 25.1. The molecule has 1 aliphatic heterocycles. The summed E-state index contributed by atoms with van der Waals surface area (Å²) in [6, 6.07) is 6.04. The lowest BCUT2D eigenvalue weighted by atomic mass is 9.81. The zero-order chi connectivity index (χ0) is 24.2. The maximum absolute atomic E-state index is 14.3. The highest BCUT2D eigenvalue weighted by molar-refractivity contribution is 7.91. The van der Waals surface area contributed by atoms with Crippen molar-refractivity contribution < 1.29 is 17.5 Å². The fourth-order valence-electron chi connectivity index (χ4n) is 4.53. The maximum Gasteiger partial charge on any atom is 0.328 e. The van der Waals surface area contributed by atoms with Crippen molar-refractivity contribution in [3.05, 3.63) is 62.7 Å². The van der Waals surface area contributed by atoms with Crippen LogP contribution < -0.4 is 21.3 Å². The van der Waals surface area contributed by atoms with Crippen molar-refractivity contribution in [1.82, 2.24) is 14.9 Å². The average Bonchev–Trinajstić information content (AvgIpc) is 3.50. The Morgan fingerprint density at radius 3 is 2.68 bits per heavy atom. The van der Waals surface area contributed by atoms with Gasteiger partial charge in [0, 0.05) is 30.8 Å². The molecular formula is C24H32FN3O5S. The highest BCUT2D eigenvalue weighted by atomic mass is 32.2. The zero-order valence-corrected chi connectivity index (χ0v) is 20.0. The van der Waals surface area contributed by atoms with Crippen molar-refractivity contribution in [2.75, 3.05) is 31.2 Å². The van der Waals surface area contributed by atoms with Crippen LogP contribution in [-0.4, -0.2) is 49.2 Å². The highest BCUT2D eigenvalue weighted by Gasteiger charge is 2.40. The van der Waals surface area contributed by atoms with E-state index in [4.69, 9.17) is 4.74 Å². The summed E-state index contributed by atoms with van der Waals surface area (Å²) in [5.41, 5.74) is -0.709. The van der Waals surface area contributed by atoms with Crippen molar-refractivity contribution in [3.63, 3.8) is 0 Å². The molecular weight excluding hydrogens is 461 g/mol. The summed E-state index contributed by atoms with van der Waals surface area (Å²) in [5, 5.41) is 3.28. The standard InChI is InChI=1S/C24H32FN3O5S/c25-20-7-6-19(14-21(20)33-15-18-4-5-18)24(9-10-26-16-24)17-34(31,32)13-3-1-2-11-28-12-8-22(29)27-23(28)30/h6-8,12,14,18,26H,1-5,9-11,13,15-17H2,(H,27,29,30). The normalized spacial score (nSPS) is 20.5. The second-order valence-corrected chi connectivity index (χ2v) is 11.7. The number of nitrogens with one attached hydrogen (secondary N) is 2. The van der Waals surface area contributed by atoms with Crippen LogP contribution in [-0.2, 0) is 21.8 Å². The number of hydrogen-bond acceptors (Lipinski definition) is 6. The topological polar surface area (TPSA) is 110 Å². The molecule has 10 heteroatoms. The number of rotatable bonds is 12. The Morgan fingerprint density at radius 1 is 1.15 bits per heavy atom. The number of unbranched alkanes of at least 4 members (excludes halogenated alkanes) is 2. The number of ether oxygens (including phenoxy) is 1. The van der Waals surface area contributed by atoms with Crippen LogP contribution in [0.2, 0.25) is 0 Å². The van der Waals surface area contributed by atoms with Crippen LogP contribution in [0, 0.1) is 11.7 Å². The van der Waals surface area contributed by atoms with Gasteiger partial charge >= 0.3 is 5.69 Å². The molecule has 2 N–H and O–H groups in total. The fraction of sp³-hybridized carbons (Fsp3) is 0.583. The van der Waals surface area contributed by atoms with Crippen LogP contribution in [0.1, 0.15) is 44.1 Å². The lowest BCUT2D eigenvalue weighted by molar-refractivity contribution is 0.284. The van der Waals surface area contributed by atoms with Gasteiger partial charge in [0.05, 0.1) is 18.1 Å². The molecule has 34 heavy (non-hydrogen) atoms. The molecule has 2 aromatic rings. The Balaban J connectivity index is 1.35. The first-order valence-corrected chi connectivity index (χ1v) is 13.7. The molecule has 2 fully saturated rings. The van der Waals surface area contributed by atoms with Gasteiger partial charge in [-0.3, -0.25) is 9.78 Å². The molecule has 4 rings (SSSR count). The second-order valence-electron chi connectivity index (χ2n) is 9.56. The summed E-state index contributed by atoms with van der Waals surface area (Å²) < 4.78 is 47.5. The molecule has 8 nitrogen and oxygen atoms in total. The van der Waals surface area contributed by atoms with Crippen LogP contribution >= 0.6 is 0 Å². The minimum absolute atomic E-state index is 0.0000770. The number of hydrogen-bond donors (Lipinski definition) is 2.